The van der Waals surface area contributed by atoms with Crippen LogP contribution in [0.15, 0.2) is 48.7 Å². The van der Waals surface area contributed by atoms with Crippen molar-refractivity contribution in [2.24, 2.45) is 0 Å². The number of aliphatic carboxylic acids is 1. The number of anilines is 1. The van der Waals surface area contributed by atoms with Crippen molar-refractivity contribution in [2.75, 3.05) is 31.2 Å². The lowest BCUT2D eigenvalue weighted by molar-refractivity contribution is -0.136. The molecule has 1 saturated heterocycles. The number of aryl methyl sites for hydroxylation is 1. The van der Waals surface area contributed by atoms with Crippen molar-refractivity contribution in [1.29, 1.82) is 0 Å². The average Bonchev–Trinajstić information content (AvgIpc) is 3.24. The van der Waals surface area contributed by atoms with Gasteiger partial charge in [0.25, 0.3) is 0 Å². The maximum absolute atomic E-state index is 11.7. The van der Waals surface area contributed by atoms with Gasteiger partial charge in [-0.25, -0.2) is 9.97 Å². The zero-order chi connectivity index (χ0) is 22.9. The van der Waals surface area contributed by atoms with E-state index in [1.165, 1.54) is 0 Å². The minimum Gasteiger partial charge on any atom is -0.481 e. The van der Waals surface area contributed by atoms with Gasteiger partial charge >= 0.3 is 5.97 Å². The Morgan fingerprint density at radius 2 is 1.91 bits per heavy atom. The van der Waals surface area contributed by atoms with E-state index in [0.717, 1.165) is 61.9 Å². The van der Waals surface area contributed by atoms with Crippen LogP contribution in [-0.4, -0.2) is 47.3 Å². The van der Waals surface area contributed by atoms with Gasteiger partial charge in [-0.1, -0.05) is 23.7 Å². The number of morpholine rings is 1. The molecule has 0 aliphatic carbocycles. The van der Waals surface area contributed by atoms with Gasteiger partial charge in [0.1, 0.15) is 10.8 Å². The number of hydrogen-bond acceptors (Lipinski definition) is 6. The molecule has 1 fully saturated rings. The molecule has 0 atom stereocenters. The van der Waals surface area contributed by atoms with E-state index >= 15 is 0 Å². The molecule has 33 heavy (non-hydrogen) atoms. The van der Waals surface area contributed by atoms with E-state index in [4.69, 9.17) is 21.3 Å². The molecule has 6 nitrogen and oxygen atoms in total. The van der Waals surface area contributed by atoms with Crippen LogP contribution in [0.4, 0.5) is 5.82 Å². The molecule has 3 heterocycles. The average molecular weight is 480 g/mol. The molecule has 0 radical (unpaired) electrons. The molecule has 0 unspecified atom stereocenters. The molecule has 8 heteroatoms. The van der Waals surface area contributed by atoms with Crippen LogP contribution in [0.3, 0.4) is 0 Å². The lowest BCUT2D eigenvalue weighted by atomic mass is 9.93. The topological polar surface area (TPSA) is 75.5 Å². The van der Waals surface area contributed by atoms with E-state index in [1.807, 2.05) is 49.5 Å². The summed E-state index contributed by atoms with van der Waals surface area (Å²) in [5.41, 5.74) is 5.41. The predicted molar refractivity (Wildman–Crippen MR) is 132 cm³/mol. The summed E-state index contributed by atoms with van der Waals surface area (Å²) in [6.45, 7) is 4.97. The number of pyridine rings is 1. The van der Waals surface area contributed by atoms with Crippen LogP contribution in [0.1, 0.15) is 11.1 Å². The number of thiazole rings is 1. The van der Waals surface area contributed by atoms with Gasteiger partial charge in [0.2, 0.25) is 0 Å². The summed E-state index contributed by atoms with van der Waals surface area (Å²) >= 11 is 7.69. The van der Waals surface area contributed by atoms with E-state index in [2.05, 4.69) is 16.0 Å². The Morgan fingerprint density at radius 1 is 1.15 bits per heavy atom. The van der Waals surface area contributed by atoms with Gasteiger partial charge in [0.15, 0.2) is 0 Å². The number of carboxylic acid groups (broad SMARTS) is 1. The van der Waals surface area contributed by atoms with Gasteiger partial charge in [-0.15, -0.1) is 11.3 Å². The molecule has 0 amide bonds. The van der Waals surface area contributed by atoms with Crippen LogP contribution in [0.2, 0.25) is 5.02 Å². The zero-order valence-electron chi connectivity index (χ0n) is 18.0. The van der Waals surface area contributed by atoms with Crippen LogP contribution in [-0.2, 0) is 16.0 Å². The van der Waals surface area contributed by atoms with Gasteiger partial charge in [-0.2, -0.15) is 0 Å². The zero-order valence-corrected chi connectivity index (χ0v) is 19.6. The largest absolute Gasteiger partial charge is 0.481 e. The second kappa shape index (κ2) is 9.09. The van der Waals surface area contributed by atoms with Gasteiger partial charge in [-0.3, -0.25) is 4.79 Å². The number of carbonyl (C=O) groups is 1. The minimum absolute atomic E-state index is 0.0522. The first kappa shape index (κ1) is 21.8. The summed E-state index contributed by atoms with van der Waals surface area (Å²) in [4.78, 5) is 23.3. The van der Waals surface area contributed by atoms with E-state index < -0.39 is 5.97 Å². The van der Waals surface area contributed by atoms with E-state index in [1.54, 1.807) is 11.3 Å². The van der Waals surface area contributed by atoms with Crippen molar-refractivity contribution in [3.8, 4) is 21.7 Å². The highest BCUT2D eigenvalue weighted by atomic mass is 35.5. The smallest absolute Gasteiger partial charge is 0.307 e. The summed E-state index contributed by atoms with van der Waals surface area (Å²) in [7, 11) is 0. The van der Waals surface area contributed by atoms with Gasteiger partial charge in [0, 0.05) is 35.4 Å². The maximum Gasteiger partial charge on any atom is 0.307 e. The molecule has 1 aliphatic rings. The van der Waals surface area contributed by atoms with Crippen molar-refractivity contribution in [3.05, 3.63) is 64.8 Å². The minimum atomic E-state index is -0.860. The fourth-order valence-electron chi connectivity index (χ4n) is 4.18. The first-order chi connectivity index (χ1) is 16.0. The van der Waals surface area contributed by atoms with E-state index in [-0.39, 0.29) is 6.42 Å². The maximum atomic E-state index is 11.7. The summed E-state index contributed by atoms with van der Waals surface area (Å²) in [5, 5.41) is 11.1. The third kappa shape index (κ3) is 4.44. The third-order valence-corrected chi connectivity index (χ3v) is 7.19. The number of rotatable bonds is 5. The SMILES string of the molecule is Cc1cc2nc(-c3ccnc(N4CCOCC4)c3)sc2c(-c2ccc(Cl)cc2)c1CC(=O)O. The predicted octanol–water partition coefficient (Wildman–Crippen LogP) is 5.45. The number of aromatic nitrogens is 2. The fraction of sp³-hybridized carbons (Fsp3) is 0.240. The van der Waals surface area contributed by atoms with Gasteiger partial charge in [-0.05, 0) is 53.9 Å². The van der Waals surface area contributed by atoms with Crippen molar-refractivity contribution in [2.45, 2.75) is 13.3 Å². The molecule has 1 N–H and O–H groups in total. The Balaban J connectivity index is 1.65. The van der Waals surface area contributed by atoms with Crippen LogP contribution in [0, 0.1) is 6.92 Å². The number of nitrogens with zero attached hydrogens (tertiary/aromatic N) is 3. The highest BCUT2D eigenvalue weighted by Crippen LogP contribution is 2.41. The lowest BCUT2D eigenvalue weighted by Crippen LogP contribution is -2.36. The van der Waals surface area contributed by atoms with E-state index in [9.17, 15) is 9.90 Å². The molecule has 0 bridgehead atoms. The third-order valence-electron chi connectivity index (χ3n) is 5.80. The Labute approximate surface area is 200 Å². The molecule has 0 spiro atoms. The second-order valence-corrected chi connectivity index (χ2v) is 9.43. The molecule has 4 aromatic rings. The summed E-state index contributed by atoms with van der Waals surface area (Å²) in [6, 6.07) is 13.5. The first-order valence-electron chi connectivity index (χ1n) is 10.7. The summed E-state index contributed by atoms with van der Waals surface area (Å²) in [6.07, 6.45) is 1.76. The number of benzene rings is 2. The monoisotopic (exact) mass is 479 g/mol. The number of ether oxygens (including phenoxy) is 1. The quantitative estimate of drug-likeness (QED) is 0.410. The van der Waals surface area contributed by atoms with Crippen LogP contribution in [0.5, 0.6) is 0 Å². The number of halogens is 1. The molecule has 2 aromatic carbocycles. The van der Waals surface area contributed by atoms with Crippen LogP contribution >= 0.6 is 22.9 Å². The van der Waals surface area contributed by atoms with Crippen molar-refractivity contribution in [1.82, 2.24) is 9.97 Å². The van der Waals surface area contributed by atoms with Gasteiger partial charge < -0.3 is 14.7 Å². The van der Waals surface area contributed by atoms with Crippen molar-refractivity contribution >= 4 is 44.9 Å². The Bertz CT molecular complexity index is 1330. The molecule has 2 aromatic heterocycles. The normalized spacial score (nSPS) is 14.1. The highest BCUT2D eigenvalue weighted by molar-refractivity contribution is 7.22. The first-order valence-corrected chi connectivity index (χ1v) is 11.9. The summed E-state index contributed by atoms with van der Waals surface area (Å²) < 4.78 is 6.43. The molecular formula is C25H22ClN3O3S. The number of fused-ring (bicyclic) bond motifs is 1. The standard InChI is InChI=1S/C25H22ClN3O3S/c1-15-12-20-24(23(19(15)14-22(30)31)16-2-4-18(26)5-3-16)33-25(28-20)17-6-7-27-21(13-17)29-8-10-32-11-9-29/h2-7,12-13H,8-11,14H2,1H3,(H,30,31). The van der Waals surface area contributed by atoms with Crippen molar-refractivity contribution < 1.29 is 14.6 Å². The second-order valence-electron chi connectivity index (χ2n) is 7.99. The summed E-state index contributed by atoms with van der Waals surface area (Å²) in [5.74, 6) is 0.0532. The molecular weight excluding hydrogens is 458 g/mol. The molecule has 168 valence electrons. The van der Waals surface area contributed by atoms with E-state index in [0.29, 0.717) is 18.2 Å². The number of carboxylic acids is 1. The Hall–Kier alpha value is -3.00. The molecule has 5 rings (SSSR count). The number of hydrogen-bond donors (Lipinski definition) is 1. The van der Waals surface area contributed by atoms with Crippen LogP contribution in [0.25, 0.3) is 31.9 Å². The van der Waals surface area contributed by atoms with Crippen LogP contribution < -0.4 is 4.90 Å². The molecule has 0 saturated carbocycles. The Kier molecular flexibility index (Phi) is 6.01. The van der Waals surface area contributed by atoms with Gasteiger partial charge in [0.05, 0.1) is 29.9 Å². The highest BCUT2D eigenvalue weighted by Gasteiger charge is 2.20. The van der Waals surface area contributed by atoms with Crippen molar-refractivity contribution in [3.63, 3.8) is 0 Å². The molecule has 1 aliphatic heterocycles. The Morgan fingerprint density at radius 3 is 2.64 bits per heavy atom. The fourth-order valence-corrected chi connectivity index (χ4v) is 5.44. The lowest BCUT2D eigenvalue weighted by Gasteiger charge is -2.27.